The third kappa shape index (κ3) is 2.69. The molecule has 86 valence electrons. The van der Waals surface area contributed by atoms with Gasteiger partial charge in [0.2, 0.25) is 0 Å². The number of rotatable bonds is 3. The zero-order chi connectivity index (χ0) is 10.7. The van der Waals surface area contributed by atoms with Crippen LogP contribution in [0.25, 0.3) is 0 Å². The number of ether oxygens (including phenoxy) is 2. The van der Waals surface area contributed by atoms with Crippen molar-refractivity contribution in [1.82, 2.24) is 5.32 Å². The van der Waals surface area contributed by atoms with Crippen molar-refractivity contribution in [2.24, 2.45) is 5.92 Å². The number of piperidine rings is 1. The number of hydrogen-bond acceptors (Lipinski definition) is 4. The quantitative estimate of drug-likeness (QED) is 0.701. The number of carbonyl (C=O) groups is 1. The predicted octanol–water partition coefficient (Wildman–Crippen LogP) is 0.707. The first-order valence-electron chi connectivity index (χ1n) is 5.81. The summed E-state index contributed by atoms with van der Waals surface area (Å²) in [6.07, 6.45) is 3.24. The van der Waals surface area contributed by atoms with E-state index in [0.29, 0.717) is 19.1 Å². The Morgan fingerprint density at radius 2 is 2.33 bits per heavy atom. The summed E-state index contributed by atoms with van der Waals surface area (Å²) in [6.45, 7) is 4.24. The highest BCUT2D eigenvalue weighted by molar-refractivity contribution is 5.76. The van der Waals surface area contributed by atoms with Gasteiger partial charge in [0.25, 0.3) is 0 Å². The molecule has 0 bridgehead atoms. The lowest BCUT2D eigenvalue weighted by atomic mass is 9.90. The van der Waals surface area contributed by atoms with Crippen LogP contribution in [0.1, 0.15) is 26.2 Å². The Balaban J connectivity index is 1.78. The van der Waals surface area contributed by atoms with Crippen LogP contribution in [0.4, 0.5) is 0 Å². The molecule has 0 aromatic rings. The second-order valence-electron chi connectivity index (χ2n) is 4.40. The Kier molecular flexibility index (Phi) is 3.59. The van der Waals surface area contributed by atoms with Crippen LogP contribution < -0.4 is 5.32 Å². The maximum absolute atomic E-state index is 11.7. The molecule has 0 amide bonds. The van der Waals surface area contributed by atoms with Crippen molar-refractivity contribution in [1.29, 1.82) is 0 Å². The zero-order valence-corrected chi connectivity index (χ0v) is 9.20. The van der Waals surface area contributed by atoms with Gasteiger partial charge in [-0.25, -0.2) is 0 Å². The molecule has 0 saturated carbocycles. The van der Waals surface area contributed by atoms with E-state index in [4.69, 9.17) is 9.47 Å². The fourth-order valence-corrected chi connectivity index (χ4v) is 2.08. The maximum atomic E-state index is 11.7. The minimum atomic E-state index is -0.0959. The molecule has 0 aromatic heterocycles. The Hall–Kier alpha value is -0.610. The Morgan fingerprint density at radius 1 is 1.53 bits per heavy atom. The van der Waals surface area contributed by atoms with E-state index in [1.807, 2.05) is 0 Å². The van der Waals surface area contributed by atoms with Crippen LogP contribution in [0.2, 0.25) is 0 Å². The van der Waals surface area contributed by atoms with E-state index in [-0.39, 0.29) is 18.1 Å². The van der Waals surface area contributed by atoms with Gasteiger partial charge in [0.1, 0.15) is 12.1 Å². The fraction of sp³-hybridized carbons (Fsp3) is 0.909. The third-order valence-corrected chi connectivity index (χ3v) is 3.26. The molecule has 2 aliphatic rings. The largest absolute Gasteiger partial charge is 0.456 e. The van der Waals surface area contributed by atoms with Gasteiger partial charge < -0.3 is 14.8 Å². The molecule has 2 heterocycles. The highest BCUT2D eigenvalue weighted by Gasteiger charge is 2.30. The molecular weight excluding hydrogens is 194 g/mol. The monoisotopic (exact) mass is 213 g/mol. The molecule has 1 N–H and O–H groups in total. The van der Waals surface area contributed by atoms with Crippen molar-refractivity contribution in [3.8, 4) is 0 Å². The molecule has 15 heavy (non-hydrogen) atoms. The second-order valence-corrected chi connectivity index (χ2v) is 4.40. The Morgan fingerprint density at radius 3 is 2.93 bits per heavy atom. The molecule has 0 aromatic carbocycles. The summed E-state index contributed by atoms with van der Waals surface area (Å²) in [6, 6.07) is -0.0932. The van der Waals surface area contributed by atoms with Gasteiger partial charge in [0, 0.05) is 0 Å². The third-order valence-electron chi connectivity index (χ3n) is 3.26. The minimum absolute atomic E-state index is 0.00121. The van der Waals surface area contributed by atoms with Gasteiger partial charge in [0.15, 0.2) is 0 Å². The van der Waals surface area contributed by atoms with Gasteiger partial charge in [-0.05, 0) is 25.3 Å². The molecule has 2 unspecified atom stereocenters. The standard InChI is InChI=1S/C11H19NO3/c1-2-8-3-4-12-10(5-8)11(13)15-9-6-14-7-9/h8-10,12H,2-7H2,1H3. The molecule has 4 heteroatoms. The Labute approximate surface area is 90.3 Å². The van der Waals surface area contributed by atoms with Crippen molar-refractivity contribution in [2.75, 3.05) is 19.8 Å². The van der Waals surface area contributed by atoms with E-state index in [0.717, 1.165) is 19.4 Å². The van der Waals surface area contributed by atoms with E-state index in [9.17, 15) is 4.79 Å². The van der Waals surface area contributed by atoms with E-state index >= 15 is 0 Å². The average Bonchev–Trinajstić information content (AvgIpc) is 2.23. The van der Waals surface area contributed by atoms with Crippen LogP contribution in [0.3, 0.4) is 0 Å². The van der Waals surface area contributed by atoms with Crippen LogP contribution in [-0.2, 0) is 14.3 Å². The van der Waals surface area contributed by atoms with E-state index in [1.165, 1.54) is 6.42 Å². The summed E-state index contributed by atoms with van der Waals surface area (Å²) in [5.74, 6) is 0.572. The summed E-state index contributed by atoms with van der Waals surface area (Å²) in [7, 11) is 0. The molecule has 4 nitrogen and oxygen atoms in total. The maximum Gasteiger partial charge on any atom is 0.323 e. The van der Waals surface area contributed by atoms with Gasteiger partial charge in [-0.1, -0.05) is 13.3 Å². The molecule has 0 radical (unpaired) electrons. The van der Waals surface area contributed by atoms with Crippen molar-refractivity contribution in [3.05, 3.63) is 0 Å². The first kappa shape index (κ1) is 10.9. The van der Waals surface area contributed by atoms with Gasteiger partial charge >= 0.3 is 5.97 Å². The smallest absolute Gasteiger partial charge is 0.323 e. The fourth-order valence-electron chi connectivity index (χ4n) is 2.08. The van der Waals surface area contributed by atoms with Crippen LogP contribution >= 0.6 is 0 Å². The second kappa shape index (κ2) is 4.94. The van der Waals surface area contributed by atoms with E-state index in [1.54, 1.807) is 0 Å². The lowest BCUT2D eigenvalue weighted by Gasteiger charge is -2.31. The van der Waals surface area contributed by atoms with Crippen molar-refractivity contribution < 1.29 is 14.3 Å². The average molecular weight is 213 g/mol. The number of nitrogens with one attached hydrogen (secondary N) is 1. The topological polar surface area (TPSA) is 47.6 Å². The first-order valence-corrected chi connectivity index (χ1v) is 5.81. The van der Waals surface area contributed by atoms with Crippen molar-refractivity contribution in [3.63, 3.8) is 0 Å². The normalized spacial score (nSPS) is 32.1. The van der Waals surface area contributed by atoms with Crippen LogP contribution in [-0.4, -0.2) is 37.9 Å². The summed E-state index contributed by atoms with van der Waals surface area (Å²) < 4.78 is 10.3. The van der Waals surface area contributed by atoms with Gasteiger partial charge in [-0.2, -0.15) is 0 Å². The molecule has 2 atom stereocenters. The zero-order valence-electron chi connectivity index (χ0n) is 9.20. The van der Waals surface area contributed by atoms with Gasteiger partial charge in [0.05, 0.1) is 13.2 Å². The van der Waals surface area contributed by atoms with Gasteiger partial charge in [-0.3, -0.25) is 4.79 Å². The van der Waals surface area contributed by atoms with Crippen molar-refractivity contribution >= 4 is 5.97 Å². The number of esters is 1. The molecule has 2 rings (SSSR count). The van der Waals surface area contributed by atoms with Gasteiger partial charge in [-0.15, -0.1) is 0 Å². The summed E-state index contributed by atoms with van der Waals surface area (Å²) in [4.78, 5) is 11.7. The lowest BCUT2D eigenvalue weighted by Crippen LogP contribution is -2.48. The first-order chi connectivity index (χ1) is 7.29. The minimum Gasteiger partial charge on any atom is -0.456 e. The molecule has 0 spiro atoms. The van der Waals surface area contributed by atoms with E-state index < -0.39 is 0 Å². The van der Waals surface area contributed by atoms with Crippen LogP contribution in [0.5, 0.6) is 0 Å². The highest BCUT2D eigenvalue weighted by atomic mass is 16.6. The molecule has 2 saturated heterocycles. The molecule has 2 fully saturated rings. The molecule has 2 aliphatic heterocycles. The lowest BCUT2D eigenvalue weighted by molar-refractivity contribution is -0.175. The van der Waals surface area contributed by atoms with Crippen LogP contribution in [0.15, 0.2) is 0 Å². The highest BCUT2D eigenvalue weighted by Crippen LogP contribution is 2.20. The summed E-state index contributed by atoms with van der Waals surface area (Å²) in [5, 5.41) is 3.22. The molecule has 0 aliphatic carbocycles. The SMILES string of the molecule is CCC1CCNC(C(=O)OC2COC2)C1. The summed E-state index contributed by atoms with van der Waals surface area (Å²) >= 11 is 0. The Bertz CT molecular complexity index is 228. The summed E-state index contributed by atoms with van der Waals surface area (Å²) in [5.41, 5.74) is 0. The number of carbonyl (C=O) groups excluding carboxylic acids is 1. The van der Waals surface area contributed by atoms with Crippen LogP contribution in [0, 0.1) is 5.92 Å². The van der Waals surface area contributed by atoms with E-state index in [2.05, 4.69) is 12.2 Å². The van der Waals surface area contributed by atoms with Crippen molar-refractivity contribution in [2.45, 2.75) is 38.3 Å². The molecular formula is C11H19NO3. The number of hydrogen-bond donors (Lipinski definition) is 1. The predicted molar refractivity (Wildman–Crippen MR) is 55.5 cm³/mol.